The van der Waals surface area contributed by atoms with Crippen LogP contribution in [0.25, 0.3) is 0 Å². The largest absolute Gasteiger partial charge is 0.612 e. The van der Waals surface area contributed by atoms with E-state index in [-0.39, 0.29) is 3.07 Å². The molecule has 0 aromatic heterocycles. The minimum atomic E-state index is -1.11. The van der Waals surface area contributed by atoms with Gasteiger partial charge >= 0.3 is 0 Å². The third-order valence-corrected chi connectivity index (χ3v) is 6.08. The Labute approximate surface area is 98.5 Å². The Morgan fingerprint density at radius 2 is 1.56 bits per heavy atom. The molecular formula is C2HBr5OS. The number of hydrogen-bond acceptors (Lipinski definition) is 1. The molecule has 1 nitrogen and oxygen atoms in total. The summed E-state index contributed by atoms with van der Waals surface area (Å²) in [5.74, 6) is 0. The van der Waals surface area contributed by atoms with E-state index in [1.54, 1.807) is 0 Å². The summed E-state index contributed by atoms with van der Waals surface area (Å²) < 4.78 is 10.1. The zero-order chi connectivity index (χ0) is 7.65. The van der Waals surface area contributed by atoms with Crippen molar-refractivity contribution < 1.29 is 4.55 Å². The first kappa shape index (κ1) is 11.7. The second kappa shape index (κ2) is 4.67. The van der Waals surface area contributed by atoms with Crippen LogP contribution in [0.1, 0.15) is 0 Å². The van der Waals surface area contributed by atoms with Gasteiger partial charge in [-0.2, -0.15) is 0 Å². The summed E-state index contributed by atoms with van der Waals surface area (Å²) in [5, 5.41) is 0. The molecule has 0 aromatic rings. The standard InChI is InChI=1S/C2HBr5OS/c3-1(4)9(8)2(5,6)7/h1H. The molecule has 1 unspecified atom stereocenters. The van der Waals surface area contributed by atoms with E-state index >= 15 is 0 Å². The van der Waals surface area contributed by atoms with Crippen molar-refractivity contribution in [2.75, 3.05) is 0 Å². The van der Waals surface area contributed by atoms with Gasteiger partial charge < -0.3 is 4.55 Å². The Kier molecular flexibility index (Phi) is 6.07. The van der Waals surface area contributed by atoms with Gasteiger partial charge in [0, 0.05) is 59.0 Å². The maximum Gasteiger partial charge on any atom is 0.287 e. The van der Waals surface area contributed by atoms with Crippen LogP contribution in [0.4, 0.5) is 0 Å². The van der Waals surface area contributed by atoms with Crippen LogP contribution in [0.15, 0.2) is 0 Å². The van der Waals surface area contributed by atoms with Crippen LogP contribution < -0.4 is 0 Å². The molecule has 9 heavy (non-hydrogen) atoms. The van der Waals surface area contributed by atoms with E-state index in [0.29, 0.717) is 0 Å². The molecule has 0 aliphatic heterocycles. The molecule has 56 valence electrons. The van der Waals surface area contributed by atoms with E-state index < -0.39 is 12.7 Å². The molecule has 0 aliphatic rings. The Morgan fingerprint density at radius 3 is 1.56 bits per heavy atom. The highest BCUT2D eigenvalue weighted by atomic mass is 80.0. The van der Waals surface area contributed by atoms with Crippen LogP contribution >= 0.6 is 79.6 Å². The molecule has 1 atom stereocenters. The molecule has 0 amide bonds. The summed E-state index contributed by atoms with van der Waals surface area (Å²) in [5.41, 5.74) is 0. The fourth-order valence-electron chi connectivity index (χ4n) is 0.101. The molecule has 0 bridgehead atoms. The monoisotopic (exact) mass is 468 g/mol. The zero-order valence-corrected chi connectivity index (χ0v) is 12.5. The lowest BCUT2D eigenvalue weighted by Gasteiger charge is -2.19. The van der Waals surface area contributed by atoms with Gasteiger partial charge in [0.05, 0.1) is 0 Å². The Hall–Kier alpha value is 2.71. The number of hydrogen-bond donors (Lipinski definition) is 0. The Balaban J connectivity index is 3.88. The third-order valence-electron chi connectivity index (χ3n) is 0.390. The molecule has 0 rings (SSSR count). The van der Waals surface area contributed by atoms with E-state index in [0.717, 1.165) is 0 Å². The molecule has 0 spiro atoms. The molecule has 0 saturated heterocycles. The van der Waals surface area contributed by atoms with Crippen molar-refractivity contribution in [2.45, 2.75) is 4.54 Å². The zero-order valence-electron chi connectivity index (χ0n) is 3.78. The van der Waals surface area contributed by atoms with Gasteiger partial charge in [0.25, 0.3) is 1.47 Å². The summed E-state index contributed by atoms with van der Waals surface area (Å²) in [6, 6.07) is 0. The van der Waals surface area contributed by atoms with Crippen LogP contribution in [0.2, 0.25) is 0 Å². The minimum Gasteiger partial charge on any atom is -0.612 e. The van der Waals surface area contributed by atoms with Gasteiger partial charge in [-0.25, -0.2) is 0 Å². The fraction of sp³-hybridized carbons (Fsp3) is 1.00. The van der Waals surface area contributed by atoms with Crippen LogP contribution in [-0.2, 0) is 11.2 Å². The van der Waals surface area contributed by atoms with Gasteiger partial charge in [-0.15, -0.1) is 0 Å². The SMILES string of the molecule is [O-][S+](C(Br)Br)C(Br)(Br)Br. The van der Waals surface area contributed by atoms with Crippen molar-refractivity contribution in [3.8, 4) is 0 Å². The average molecular weight is 473 g/mol. The van der Waals surface area contributed by atoms with Gasteiger partial charge in [0.2, 0.25) is 3.07 Å². The van der Waals surface area contributed by atoms with E-state index in [4.69, 9.17) is 0 Å². The number of alkyl halides is 5. The Bertz CT molecular complexity index is 89.4. The topological polar surface area (TPSA) is 23.1 Å². The van der Waals surface area contributed by atoms with E-state index in [1.807, 2.05) is 0 Å². The first-order valence-corrected chi connectivity index (χ1v) is 7.03. The Morgan fingerprint density at radius 1 is 1.22 bits per heavy atom. The highest BCUT2D eigenvalue weighted by Crippen LogP contribution is 2.44. The maximum atomic E-state index is 11.0. The van der Waals surface area contributed by atoms with Crippen molar-refractivity contribution in [3.05, 3.63) is 0 Å². The van der Waals surface area contributed by atoms with Crippen LogP contribution in [0.3, 0.4) is 0 Å². The summed E-state index contributed by atoms with van der Waals surface area (Å²) >= 11 is 14.5. The highest BCUT2D eigenvalue weighted by molar-refractivity contribution is 9.43. The minimum absolute atomic E-state index is 0.233. The summed E-state index contributed by atoms with van der Waals surface area (Å²) in [6.07, 6.45) is 0. The van der Waals surface area contributed by atoms with Crippen LogP contribution in [0, 0.1) is 0 Å². The molecule has 0 saturated carbocycles. The maximum absolute atomic E-state index is 11.0. The highest BCUT2D eigenvalue weighted by Gasteiger charge is 2.37. The molecule has 7 heteroatoms. The molecule has 0 fully saturated rings. The van der Waals surface area contributed by atoms with Crippen LogP contribution in [-0.4, -0.2) is 9.10 Å². The smallest absolute Gasteiger partial charge is 0.287 e. The van der Waals surface area contributed by atoms with Gasteiger partial charge in [-0.05, 0) is 31.9 Å². The number of halogens is 5. The summed E-state index contributed by atoms with van der Waals surface area (Å²) in [6.45, 7) is 0. The third kappa shape index (κ3) is 5.03. The lowest BCUT2D eigenvalue weighted by molar-refractivity contribution is 0.601. The van der Waals surface area contributed by atoms with Crippen molar-refractivity contribution >= 4 is 90.8 Å². The number of rotatable bonds is 1. The summed E-state index contributed by atoms with van der Waals surface area (Å²) in [7, 11) is 0. The average Bonchev–Trinajstić information content (AvgIpc) is 1.62. The van der Waals surface area contributed by atoms with E-state index in [9.17, 15) is 4.55 Å². The predicted molar refractivity (Wildman–Crippen MR) is 59.3 cm³/mol. The molecule has 0 heterocycles. The van der Waals surface area contributed by atoms with Crippen molar-refractivity contribution in [2.24, 2.45) is 0 Å². The second-order valence-corrected chi connectivity index (χ2v) is 15.3. The first-order chi connectivity index (χ1) is 3.85. The van der Waals surface area contributed by atoms with Gasteiger partial charge in [0.15, 0.2) is 0 Å². The second-order valence-electron chi connectivity index (χ2n) is 1.00. The van der Waals surface area contributed by atoms with E-state index in [1.165, 1.54) is 0 Å². The quantitative estimate of drug-likeness (QED) is 0.423. The molecular weight excluding hydrogens is 472 g/mol. The first-order valence-electron chi connectivity index (χ1n) is 1.61. The van der Waals surface area contributed by atoms with Crippen molar-refractivity contribution in [3.63, 3.8) is 0 Å². The molecule has 0 aliphatic carbocycles. The predicted octanol–water partition coefficient (Wildman–Crippen LogP) is 3.60. The summed E-state index contributed by atoms with van der Waals surface area (Å²) in [4.78, 5) is 0. The normalized spacial score (nSPS) is 16.3. The fourth-order valence-corrected chi connectivity index (χ4v) is 8.18. The van der Waals surface area contributed by atoms with Crippen LogP contribution in [0.5, 0.6) is 0 Å². The van der Waals surface area contributed by atoms with Gasteiger partial charge in [0.1, 0.15) is 0 Å². The van der Waals surface area contributed by atoms with Gasteiger partial charge in [-0.3, -0.25) is 0 Å². The molecule has 0 N–H and O–H groups in total. The lowest BCUT2D eigenvalue weighted by Crippen LogP contribution is -2.22. The van der Waals surface area contributed by atoms with E-state index in [2.05, 4.69) is 79.6 Å². The van der Waals surface area contributed by atoms with Gasteiger partial charge in [-0.1, -0.05) is 0 Å². The molecule has 0 aromatic carbocycles. The lowest BCUT2D eigenvalue weighted by atomic mass is 11.9. The van der Waals surface area contributed by atoms with Crippen molar-refractivity contribution in [1.29, 1.82) is 0 Å². The molecule has 0 radical (unpaired) electrons. The van der Waals surface area contributed by atoms with Crippen molar-refractivity contribution in [1.82, 2.24) is 0 Å².